The molecule has 4 rings (SSSR count). The molecule has 0 aliphatic rings. The number of nitrogens with zero attached hydrogens (tertiary/aromatic N) is 4. The molecule has 0 radical (unpaired) electrons. The first-order chi connectivity index (χ1) is 12.5. The van der Waals surface area contributed by atoms with Crippen LogP contribution in [0.5, 0.6) is 5.75 Å². The van der Waals surface area contributed by atoms with E-state index in [0.717, 1.165) is 5.56 Å². The van der Waals surface area contributed by atoms with E-state index in [9.17, 15) is 9.18 Å². The van der Waals surface area contributed by atoms with Crippen molar-refractivity contribution >= 4 is 32.6 Å². The van der Waals surface area contributed by atoms with Crippen LogP contribution in [0.4, 0.5) is 4.39 Å². The Hall–Kier alpha value is -2.74. The van der Waals surface area contributed by atoms with E-state index in [4.69, 9.17) is 4.74 Å². The molecule has 0 spiro atoms. The van der Waals surface area contributed by atoms with Gasteiger partial charge in [-0.3, -0.25) is 13.8 Å². The molecule has 0 saturated carbocycles. The summed E-state index contributed by atoms with van der Waals surface area (Å²) in [7, 11) is 1.65. The van der Waals surface area contributed by atoms with Gasteiger partial charge in [0.15, 0.2) is 17.4 Å². The van der Waals surface area contributed by atoms with Crippen LogP contribution in [0.25, 0.3) is 16.7 Å². The molecule has 4 aromatic rings. The minimum Gasteiger partial charge on any atom is -0.483 e. The van der Waals surface area contributed by atoms with E-state index < -0.39 is 5.82 Å². The third-order valence-electron chi connectivity index (χ3n) is 4.19. The lowest BCUT2D eigenvalue weighted by Gasteiger charge is -2.10. The molecule has 2 aromatic carbocycles. The molecule has 0 atom stereocenters. The summed E-state index contributed by atoms with van der Waals surface area (Å²) in [6.07, 6.45) is 0. The summed E-state index contributed by atoms with van der Waals surface area (Å²) in [4.78, 5) is 12.6. The smallest absolute Gasteiger partial charge is 0.262 e. The van der Waals surface area contributed by atoms with Crippen molar-refractivity contribution in [1.82, 2.24) is 19.2 Å². The summed E-state index contributed by atoms with van der Waals surface area (Å²) in [5, 5.41) is 8.79. The Labute approximate surface area is 156 Å². The van der Waals surface area contributed by atoms with Gasteiger partial charge in [0.1, 0.15) is 6.61 Å². The predicted molar refractivity (Wildman–Crippen MR) is 98.9 cm³/mol. The lowest BCUT2D eigenvalue weighted by Crippen LogP contribution is -2.20. The monoisotopic (exact) mass is 416 g/mol. The van der Waals surface area contributed by atoms with E-state index in [1.165, 1.54) is 10.6 Å². The maximum Gasteiger partial charge on any atom is 0.262 e. The second-order valence-electron chi connectivity index (χ2n) is 6.00. The van der Waals surface area contributed by atoms with Crippen molar-refractivity contribution in [2.75, 3.05) is 0 Å². The number of halogens is 2. The van der Waals surface area contributed by atoms with Crippen molar-refractivity contribution in [2.45, 2.75) is 13.5 Å². The zero-order chi connectivity index (χ0) is 18.4. The average Bonchev–Trinajstić information content (AvgIpc) is 3.03. The number of hydrogen-bond donors (Lipinski definition) is 0. The molecule has 2 aromatic heterocycles. The summed E-state index contributed by atoms with van der Waals surface area (Å²) in [6.45, 7) is 1.94. The van der Waals surface area contributed by atoms with Gasteiger partial charge in [-0.15, -0.1) is 10.2 Å². The van der Waals surface area contributed by atoms with Gasteiger partial charge in [0.2, 0.25) is 5.78 Å². The first kappa shape index (κ1) is 16.7. The van der Waals surface area contributed by atoms with Gasteiger partial charge in [0.05, 0.1) is 10.9 Å². The SMILES string of the molecule is Cc1ccc2c(c1)c(=O)n(C)c1nnc(COc3ccc(Br)cc3F)n21. The van der Waals surface area contributed by atoms with Gasteiger partial charge < -0.3 is 4.74 Å². The van der Waals surface area contributed by atoms with Crippen LogP contribution in [-0.2, 0) is 13.7 Å². The number of ether oxygens (including phenoxy) is 1. The van der Waals surface area contributed by atoms with Crippen LogP contribution in [0.15, 0.2) is 45.7 Å². The highest BCUT2D eigenvalue weighted by Gasteiger charge is 2.16. The van der Waals surface area contributed by atoms with E-state index in [1.54, 1.807) is 23.6 Å². The Kier molecular flexibility index (Phi) is 3.99. The number of benzene rings is 2. The molecule has 0 unspecified atom stereocenters. The maximum atomic E-state index is 14.0. The fraction of sp³-hybridized carbons (Fsp3) is 0.167. The predicted octanol–water partition coefficient (Wildman–Crippen LogP) is 3.37. The molecule has 0 saturated heterocycles. The molecule has 0 fully saturated rings. The number of hydrogen-bond acceptors (Lipinski definition) is 4. The molecule has 8 heteroatoms. The lowest BCUT2D eigenvalue weighted by atomic mass is 10.1. The summed E-state index contributed by atoms with van der Waals surface area (Å²) in [5.74, 6) is 0.531. The van der Waals surface area contributed by atoms with E-state index in [2.05, 4.69) is 26.1 Å². The fourth-order valence-electron chi connectivity index (χ4n) is 2.89. The van der Waals surface area contributed by atoms with Crippen LogP contribution < -0.4 is 10.3 Å². The molecular formula is C18H14BrFN4O2. The Morgan fingerprint density at radius 1 is 1.19 bits per heavy atom. The molecule has 132 valence electrons. The molecule has 6 nitrogen and oxygen atoms in total. The highest BCUT2D eigenvalue weighted by molar-refractivity contribution is 9.10. The first-order valence-corrected chi connectivity index (χ1v) is 8.66. The Morgan fingerprint density at radius 3 is 2.77 bits per heavy atom. The third kappa shape index (κ3) is 2.66. The van der Waals surface area contributed by atoms with Crippen molar-refractivity contribution in [2.24, 2.45) is 7.05 Å². The van der Waals surface area contributed by atoms with Crippen LogP contribution in [0.3, 0.4) is 0 Å². The van der Waals surface area contributed by atoms with Gasteiger partial charge in [0, 0.05) is 11.5 Å². The van der Waals surface area contributed by atoms with Crippen molar-refractivity contribution in [3.8, 4) is 5.75 Å². The van der Waals surface area contributed by atoms with Crippen molar-refractivity contribution in [3.05, 3.63) is 68.4 Å². The van der Waals surface area contributed by atoms with E-state index in [0.29, 0.717) is 27.0 Å². The van der Waals surface area contributed by atoms with Gasteiger partial charge >= 0.3 is 0 Å². The topological polar surface area (TPSA) is 61.4 Å². The second kappa shape index (κ2) is 6.21. The molecule has 0 amide bonds. The summed E-state index contributed by atoms with van der Waals surface area (Å²) >= 11 is 3.21. The summed E-state index contributed by atoms with van der Waals surface area (Å²) in [5.41, 5.74) is 1.53. The number of aryl methyl sites for hydroxylation is 2. The average molecular weight is 417 g/mol. The molecule has 0 aliphatic carbocycles. The van der Waals surface area contributed by atoms with Gasteiger partial charge in [-0.1, -0.05) is 27.6 Å². The lowest BCUT2D eigenvalue weighted by molar-refractivity contribution is 0.280. The molecule has 0 bridgehead atoms. The van der Waals surface area contributed by atoms with E-state index in [1.807, 2.05) is 25.1 Å². The van der Waals surface area contributed by atoms with Crippen molar-refractivity contribution in [3.63, 3.8) is 0 Å². The van der Waals surface area contributed by atoms with Crippen LogP contribution in [0.1, 0.15) is 11.4 Å². The highest BCUT2D eigenvalue weighted by Crippen LogP contribution is 2.23. The van der Waals surface area contributed by atoms with Gasteiger partial charge in [0.25, 0.3) is 5.56 Å². The Morgan fingerprint density at radius 2 is 2.00 bits per heavy atom. The quantitative estimate of drug-likeness (QED) is 0.513. The van der Waals surface area contributed by atoms with Crippen molar-refractivity contribution in [1.29, 1.82) is 0 Å². The van der Waals surface area contributed by atoms with Crippen LogP contribution in [-0.4, -0.2) is 19.2 Å². The summed E-state index contributed by atoms with van der Waals surface area (Å²) in [6, 6.07) is 10.2. The summed E-state index contributed by atoms with van der Waals surface area (Å²) < 4.78 is 23.4. The number of aromatic nitrogens is 4. The standard InChI is InChI=1S/C18H14BrFN4O2/c1-10-3-5-14-12(7-10)17(25)23(2)18-22-21-16(24(14)18)9-26-15-6-4-11(19)8-13(15)20/h3-8H,9H2,1-2H3. The largest absolute Gasteiger partial charge is 0.483 e. The zero-order valence-corrected chi connectivity index (χ0v) is 15.6. The van der Waals surface area contributed by atoms with Gasteiger partial charge in [-0.2, -0.15) is 0 Å². The molecule has 0 aliphatic heterocycles. The number of rotatable bonds is 3. The normalized spacial score (nSPS) is 11.4. The fourth-order valence-corrected chi connectivity index (χ4v) is 3.22. The maximum absolute atomic E-state index is 14.0. The first-order valence-electron chi connectivity index (χ1n) is 7.87. The highest BCUT2D eigenvalue weighted by atomic mass is 79.9. The van der Waals surface area contributed by atoms with E-state index in [-0.39, 0.29) is 17.9 Å². The zero-order valence-electron chi connectivity index (χ0n) is 14.0. The van der Waals surface area contributed by atoms with Crippen LogP contribution in [0.2, 0.25) is 0 Å². The van der Waals surface area contributed by atoms with E-state index >= 15 is 0 Å². The molecule has 0 N–H and O–H groups in total. The molecule has 2 heterocycles. The Balaban J connectivity index is 1.83. The minimum atomic E-state index is -0.471. The van der Waals surface area contributed by atoms with Gasteiger partial charge in [-0.05, 0) is 37.3 Å². The minimum absolute atomic E-state index is 0.0148. The van der Waals surface area contributed by atoms with Crippen LogP contribution in [0, 0.1) is 12.7 Å². The molecule has 26 heavy (non-hydrogen) atoms. The molecular weight excluding hydrogens is 403 g/mol. The third-order valence-corrected chi connectivity index (χ3v) is 4.68. The van der Waals surface area contributed by atoms with Crippen molar-refractivity contribution < 1.29 is 9.13 Å². The number of fused-ring (bicyclic) bond motifs is 3. The van der Waals surface area contributed by atoms with Crippen LogP contribution >= 0.6 is 15.9 Å². The second-order valence-corrected chi connectivity index (χ2v) is 6.92. The van der Waals surface area contributed by atoms with Gasteiger partial charge in [-0.25, -0.2) is 4.39 Å². The Bertz CT molecular complexity index is 1220.